The van der Waals surface area contributed by atoms with E-state index < -0.39 is 0 Å². The molecular weight excluding hydrogens is 166 g/mol. The maximum absolute atomic E-state index is 11.2. The minimum absolute atomic E-state index is 0.213. The molecule has 0 bridgehead atoms. The normalized spacial score (nSPS) is 29.9. The maximum atomic E-state index is 11.2. The third-order valence-corrected chi connectivity index (χ3v) is 3.01. The Bertz CT molecular complexity index is 207. The molecule has 13 heavy (non-hydrogen) atoms. The highest BCUT2D eigenvalue weighted by Crippen LogP contribution is 2.11. The molecule has 4 nitrogen and oxygen atoms in total. The zero-order chi connectivity index (χ0) is 9.26. The summed E-state index contributed by atoms with van der Waals surface area (Å²) in [7, 11) is 0. The minimum atomic E-state index is 0.213. The predicted molar refractivity (Wildman–Crippen MR) is 50.5 cm³/mol. The molecule has 1 unspecified atom stereocenters. The van der Waals surface area contributed by atoms with E-state index in [2.05, 4.69) is 10.2 Å². The summed E-state index contributed by atoms with van der Waals surface area (Å²) in [5, 5.41) is 3.36. The third kappa shape index (κ3) is 1.84. The number of piperazine rings is 2. The molecule has 2 fully saturated rings. The van der Waals surface area contributed by atoms with Crippen LogP contribution in [-0.2, 0) is 4.79 Å². The van der Waals surface area contributed by atoms with Crippen LogP contribution in [0.15, 0.2) is 0 Å². The van der Waals surface area contributed by atoms with Crippen molar-refractivity contribution >= 4 is 5.91 Å². The van der Waals surface area contributed by atoms with Gasteiger partial charge in [0.25, 0.3) is 0 Å². The molecule has 2 saturated heterocycles. The summed E-state index contributed by atoms with van der Waals surface area (Å²) in [6.07, 6.45) is 0. The molecule has 1 atom stereocenters. The molecule has 1 N–H and O–H groups in total. The first-order valence-corrected chi connectivity index (χ1v) is 4.97. The van der Waals surface area contributed by atoms with Gasteiger partial charge in [-0.3, -0.25) is 9.69 Å². The van der Waals surface area contributed by atoms with E-state index in [1.807, 2.05) is 4.90 Å². The molecule has 2 rings (SSSR count). The molecule has 0 radical (unpaired) electrons. The van der Waals surface area contributed by atoms with Crippen molar-refractivity contribution < 1.29 is 4.79 Å². The van der Waals surface area contributed by atoms with Gasteiger partial charge in [-0.25, -0.2) is 0 Å². The Labute approximate surface area is 78.9 Å². The molecule has 0 aromatic rings. The van der Waals surface area contributed by atoms with Crippen molar-refractivity contribution in [2.75, 3.05) is 39.3 Å². The van der Waals surface area contributed by atoms with Crippen molar-refractivity contribution in [2.24, 2.45) is 0 Å². The average Bonchev–Trinajstić information content (AvgIpc) is 2.17. The number of hydrogen-bond donors (Lipinski definition) is 1. The Hall–Kier alpha value is -0.610. The second kappa shape index (κ2) is 3.64. The smallest absolute Gasteiger partial charge is 0.219 e. The molecular formula is C9H17N3O. The number of carbonyl (C=O) groups is 1. The first-order chi connectivity index (χ1) is 6.27. The van der Waals surface area contributed by atoms with E-state index >= 15 is 0 Å². The fourth-order valence-electron chi connectivity index (χ4n) is 2.16. The van der Waals surface area contributed by atoms with Crippen molar-refractivity contribution in [3.05, 3.63) is 0 Å². The minimum Gasteiger partial charge on any atom is -0.340 e. The molecule has 0 spiro atoms. The number of fused-ring (bicyclic) bond motifs is 1. The largest absolute Gasteiger partial charge is 0.340 e. The van der Waals surface area contributed by atoms with Gasteiger partial charge in [-0.1, -0.05) is 0 Å². The van der Waals surface area contributed by atoms with Crippen LogP contribution < -0.4 is 5.32 Å². The third-order valence-electron chi connectivity index (χ3n) is 3.01. The lowest BCUT2D eigenvalue weighted by Gasteiger charge is -2.43. The van der Waals surface area contributed by atoms with Gasteiger partial charge in [0.2, 0.25) is 5.91 Å². The van der Waals surface area contributed by atoms with E-state index in [0.717, 1.165) is 39.3 Å². The summed E-state index contributed by atoms with van der Waals surface area (Å²) in [4.78, 5) is 15.6. The van der Waals surface area contributed by atoms with E-state index in [4.69, 9.17) is 0 Å². The van der Waals surface area contributed by atoms with Crippen LogP contribution in [0.25, 0.3) is 0 Å². The molecule has 2 heterocycles. The number of hydrogen-bond acceptors (Lipinski definition) is 3. The number of nitrogens with zero attached hydrogens (tertiary/aromatic N) is 2. The number of amides is 1. The van der Waals surface area contributed by atoms with Crippen molar-refractivity contribution in [1.82, 2.24) is 15.1 Å². The molecule has 2 aliphatic heterocycles. The van der Waals surface area contributed by atoms with E-state index in [1.165, 1.54) is 0 Å². The zero-order valence-corrected chi connectivity index (χ0v) is 8.12. The Morgan fingerprint density at radius 3 is 3.00 bits per heavy atom. The van der Waals surface area contributed by atoms with Gasteiger partial charge >= 0.3 is 0 Å². The summed E-state index contributed by atoms with van der Waals surface area (Å²) >= 11 is 0. The van der Waals surface area contributed by atoms with Crippen LogP contribution in [0, 0.1) is 0 Å². The highest BCUT2D eigenvalue weighted by Gasteiger charge is 2.29. The Morgan fingerprint density at radius 2 is 2.23 bits per heavy atom. The predicted octanol–water partition coefficient (Wildman–Crippen LogP) is -0.878. The van der Waals surface area contributed by atoms with E-state index in [0.29, 0.717) is 6.04 Å². The van der Waals surface area contributed by atoms with Crippen LogP contribution in [-0.4, -0.2) is 61.0 Å². The quantitative estimate of drug-likeness (QED) is 0.530. The molecule has 0 aliphatic carbocycles. The van der Waals surface area contributed by atoms with Crippen LogP contribution in [0.3, 0.4) is 0 Å². The fraction of sp³-hybridized carbons (Fsp3) is 0.889. The fourth-order valence-corrected chi connectivity index (χ4v) is 2.16. The average molecular weight is 183 g/mol. The van der Waals surface area contributed by atoms with Crippen molar-refractivity contribution in [2.45, 2.75) is 13.0 Å². The summed E-state index contributed by atoms with van der Waals surface area (Å²) in [5.41, 5.74) is 0. The van der Waals surface area contributed by atoms with Gasteiger partial charge in [-0.15, -0.1) is 0 Å². The number of nitrogens with one attached hydrogen (secondary N) is 1. The standard InChI is InChI=1S/C9H17N3O/c1-8(13)12-5-4-11-3-2-10-6-9(11)7-12/h9-10H,2-7H2,1H3. The van der Waals surface area contributed by atoms with Crippen LogP contribution in [0.1, 0.15) is 6.92 Å². The highest BCUT2D eigenvalue weighted by molar-refractivity contribution is 5.73. The molecule has 74 valence electrons. The van der Waals surface area contributed by atoms with Gasteiger partial charge in [0.15, 0.2) is 0 Å². The number of carbonyl (C=O) groups excluding carboxylic acids is 1. The summed E-state index contributed by atoms with van der Waals surface area (Å²) in [6.45, 7) is 7.78. The van der Waals surface area contributed by atoms with Crippen LogP contribution >= 0.6 is 0 Å². The van der Waals surface area contributed by atoms with Gasteiger partial charge in [0.05, 0.1) is 0 Å². The van der Waals surface area contributed by atoms with Crippen molar-refractivity contribution in [1.29, 1.82) is 0 Å². The molecule has 0 aromatic carbocycles. The summed E-state index contributed by atoms with van der Waals surface area (Å²) in [6, 6.07) is 0.548. The lowest BCUT2D eigenvalue weighted by Crippen LogP contribution is -2.61. The van der Waals surface area contributed by atoms with E-state index in [-0.39, 0.29) is 5.91 Å². The van der Waals surface area contributed by atoms with Crippen LogP contribution in [0.2, 0.25) is 0 Å². The maximum Gasteiger partial charge on any atom is 0.219 e. The van der Waals surface area contributed by atoms with Crippen LogP contribution in [0.5, 0.6) is 0 Å². The molecule has 4 heteroatoms. The lowest BCUT2D eigenvalue weighted by atomic mass is 10.1. The Morgan fingerprint density at radius 1 is 1.38 bits per heavy atom. The van der Waals surface area contributed by atoms with Crippen molar-refractivity contribution in [3.8, 4) is 0 Å². The molecule has 1 amide bonds. The molecule has 0 saturated carbocycles. The second-order valence-corrected chi connectivity index (χ2v) is 3.86. The van der Waals surface area contributed by atoms with E-state index in [9.17, 15) is 4.79 Å². The lowest BCUT2D eigenvalue weighted by molar-refractivity contribution is -0.132. The van der Waals surface area contributed by atoms with Crippen LogP contribution in [0.4, 0.5) is 0 Å². The first kappa shape index (κ1) is 8.97. The Balaban J connectivity index is 1.95. The van der Waals surface area contributed by atoms with E-state index in [1.54, 1.807) is 6.92 Å². The van der Waals surface area contributed by atoms with Gasteiger partial charge in [0.1, 0.15) is 0 Å². The molecule has 2 aliphatic rings. The Kier molecular flexibility index (Phi) is 2.51. The van der Waals surface area contributed by atoms with Gasteiger partial charge in [-0.2, -0.15) is 0 Å². The van der Waals surface area contributed by atoms with Gasteiger partial charge < -0.3 is 10.2 Å². The SMILES string of the molecule is CC(=O)N1CCN2CCNCC2C1. The molecule has 0 aromatic heterocycles. The monoisotopic (exact) mass is 183 g/mol. The number of rotatable bonds is 0. The second-order valence-electron chi connectivity index (χ2n) is 3.86. The highest BCUT2D eigenvalue weighted by atomic mass is 16.2. The van der Waals surface area contributed by atoms with Crippen molar-refractivity contribution in [3.63, 3.8) is 0 Å². The summed E-state index contributed by atoms with van der Waals surface area (Å²) < 4.78 is 0. The topological polar surface area (TPSA) is 35.6 Å². The van der Waals surface area contributed by atoms with Gasteiger partial charge in [0, 0.05) is 52.2 Å². The summed E-state index contributed by atoms with van der Waals surface area (Å²) in [5.74, 6) is 0.213. The first-order valence-electron chi connectivity index (χ1n) is 4.97. The zero-order valence-electron chi connectivity index (χ0n) is 8.12. The van der Waals surface area contributed by atoms with Gasteiger partial charge in [-0.05, 0) is 0 Å².